The third kappa shape index (κ3) is 3.81. The van der Waals surface area contributed by atoms with Crippen molar-refractivity contribution in [1.82, 2.24) is 14.9 Å². The second kappa shape index (κ2) is 8.00. The Morgan fingerprint density at radius 2 is 1.77 bits per heavy atom. The predicted octanol–water partition coefficient (Wildman–Crippen LogP) is 3.76. The molecular formula is C24H21Cl2N5O4. The van der Waals surface area contributed by atoms with Crippen molar-refractivity contribution in [2.24, 2.45) is 0 Å². The number of nitrogens with zero attached hydrogens (tertiary/aromatic N) is 3. The molecule has 2 heterocycles. The Hall–Kier alpha value is -3.56. The van der Waals surface area contributed by atoms with Gasteiger partial charge in [-0.2, -0.15) is 0 Å². The minimum absolute atomic E-state index is 0.0782. The maximum Gasteiger partial charge on any atom is 0.329 e. The van der Waals surface area contributed by atoms with Gasteiger partial charge in [-0.15, -0.1) is 0 Å². The Labute approximate surface area is 210 Å². The third-order valence-corrected chi connectivity index (χ3v) is 6.92. The van der Waals surface area contributed by atoms with Gasteiger partial charge < -0.3 is 16.2 Å². The fourth-order valence-electron chi connectivity index (χ4n) is 4.46. The van der Waals surface area contributed by atoms with Crippen LogP contribution in [0.2, 0.25) is 10.0 Å². The minimum Gasteiger partial charge on any atom is -0.480 e. The number of halogens is 2. The molecule has 11 heteroatoms. The zero-order valence-electron chi connectivity index (χ0n) is 18.6. The molecule has 0 saturated heterocycles. The number of aliphatic carboxylic acids is 1. The lowest BCUT2D eigenvalue weighted by Gasteiger charge is -2.27. The molecule has 1 aliphatic heterocycles. The molecule has 1 aliphatic carbocycles. The second-order valence-electron chi connectivity index (χ2n) is 9.08. The van der Waals surface area contributed by atoms with E-state index in [2.05, 4.69) is 10.3 Å². The monoisotopic (exact) mass is 513 g/mol. The van der Waals surface area contributed by atoms with Crippen molar-refractivity contribution in [3.63, 3.8) is 0 Å². The Bertz CT molecular complexity index is 1360. The number of nitrogens with one attached hydrogen (secondary N) is 1. The summed E-state index contributed by atoms with van der Waals surface area (Å²) in [4.78, 5) is 44.6. The Kier molecular flexibility index (Phi) is 5.30. The first-order valence-corrected chi connectivity index (χ1v) is 11.6. The first kappa shape index (κ1) is 23.2. The lowest BCUT2D eigenvalue weighted by Crippen LogP contribution is -2.46. The summed E-state index contributed by atoms with van der Waals surface area (Å²) in [5.41, 5.74) is 5.14. The predicted molar refractivity (Wildman–Crippen MR) is 131 cm³/mol. The highest BCUT2D eigenvalue weighted by atomic mass is 35.5. The standard InChI is InChI=1S/C24H21Cl2N5O4/c1-23(11-13-2-4-16(27)5-3-13)20(33)30(17-9-14(25)8-15(26)10-17)22-28-12-18(31(22)23)19(32)29-24(6-7-24)21(34)35/h2-5,8-10,12H,6-7,11,27H2,1H3,(H,29,32)(H,34,35)/t23-/m1/s1. The highest BCUT2D eigenvalue weighted by Crippen LogP contribution is 2.44. The van der Waals surface area contributed by atoms with Gasteiger partial charge in [0.15, 0.2) is 0 Å². The Morgan fingerprint density at radius 3 is 2.34 bits per heavy atom. The summed E-state index contributed by atoms with van der Waals surface area (Å²) in [6.07, 6.45) is 2.24. The van der Waals surface area contributed by atoms with Crippen molar-refractivity contribution in [2.45, 2.75) is 37.3 Å². The number of aromatic nitrogens is 2. The van der Waals surface area contributed by atoms with Crippen LogP contribution < -0.4 is 16.0 Å². The van der Waals surface area contributed by atoms with Crippen LogP contribution in [0.15, 0.2) is 48.7 Å². The van der Waals surface area contributed by atoms with Gasteiger partial charge in [0.05, 0.1) is 11.9 Å². The van der Waals surface area contributed by atoms with Crippen LogP contribution >= 0.6 is 23.2 Å². The van der Waals surface area contributed by atoms with Crippen LogP contribution in [-0.4, -0.2) is 38.0 Å². The van der Waals surface area contributed by atoms with Crippen molar-refractivity contribution in [3.8, 4) is 0 Å². The van der Waals surface area contributed by atoms with Gasteiger partial charge in [-0.1, -0.05) is 35.3 Å². The highest BCUT2D eigenvalue weighted by molar-refractivity contribution is 6.35. The number of nitrogens with two attached hydrogens (primary N) is 1. The fourth-order valence-corrected chi connectivity index (χ4v) is 4.98. The average Bonchev–Trinajstić information content (AvgIpc) is 3.38. The van der Waals surface area contributed by atoms with Crippen molar-refractivity contribution in [3.05, 3.63) is 70.0 Å². The maximum absolute atomic E-state index is 13.9. The SMILES string of the molecule is C[C@@]1(Cc2ccc(N)cc2)C(=O)N(c2cc(Cl)cc(Cl)c2)c2ncc(C(=O)NC3(C(=O)O)CC3)n21. The number of anilines is 3. The molecule has 0 bridgehead atoms. The number of amides is 2. The molecule has 35 heavy (non-hydrogen) atoms. The second-order valence-corrected chi connectivity index (χ2v) is 9.95. The first-order chi connectivity index (χ1) is 16.5. The summed E-state index contributed by atoms with van der Waals surface area (Å²) in [7, 11) is 0. The van der Waals surface area contributed by atoms with E-state index in [0.29, 0.717) is 34.3 Å². The van der Waals surface area contributed by atoms with E-state index >= 15 is 0 Å². The molecule has 5 rings (SSSR count). The summed E-state index contributed by atoms with van der Waals surface area (Å²) in [6.45, 7) is 1.71. The molecule has 0 spiro atoms. The molecule has 0 unspecified atom stereocenters. The molecule has 180 valence electrons. The van der Waals surface area contributed by atoms with Crippen LogP contribution in [-0.2, 0) is 21.5 Å². The molecule has 0 radical (unpaired) electrons. The van der Waals surface area contributed by atoms with Crippen molar-refractivity contribution < 1.29 is 19.5 Å². The summed E-state index contributed by atoms with van der Waals surface area (Å²) in [6, 6.07) is 11.8. The van der Waals surface area contributed by atoms with E-state index in [1.54, 1.807) is 41.8 Å². The number of hydrogen-bond acceptors (Lipinski definition) is 5. The molecule has 1 fully saturated rings. The van der Waals surface area contributed by atoms with Crippen LogP contribution in [0.4, 0.5) is 17.3 Å². The number of rotatable bonds is 6. The van der Waals surface area contributed by atoms with E-state index in [4.69, 9.17) is 28.9 Å². The quantitative estimate of drug-likeness (QED) is 0.430. The highest BCUT2D eigenvalue weighted by Gasteiger charge is 2.54. The number of hydrogen-bond donors (Lipinski definition) is 3. The molecule has 9 nitrogen and oxygen atoms in total. The fraction of sp³-hybridized carbons (Fsp3) is 0.250. The largest absolute Gasteiger partial charge is 0.480 e. The number of imidazole rings is 1. The van der Waals surface area contributed by atoms with E-state index in [0.717, 1.165) is 5.56 Å². The molecule has 2 aliphatic rings. The molecule has 2 amide bonds. The average molecular weight is 514 g/mol. The molecule has 4 N–H and O–H groups in total. The van der Waals surface area contributed by atoms with E-state index in [9.17, 15) is 19.5 Å². The number of carboxylic acid groups (broad SMARTS) is 1. The van der Waals surface area contributed by atoms with Gasteiger partial charge in [-0.05, 0) is 55.7 Å². The van der Waals surface area contributed by atoms with E-state index in [1.165, 1.54) is 11.1 Å². The van der Waals surface area contributed by atoms with Crippen LogP contribution in [0.3, 0.4) is 0 Å². The van der Waals surface area contributed by atoms with Gasteiger partial charge >= 0.3 is 5.97 Å². The normalized spacial score (nSPS) is 20.0. The van der Waals surface area contributed by atoms with Gasteiger partial charge in [-0.3, -0.25) is 14.2 Å². The van der Waals surface area contributed by atoms with Gasteiger partial charge in [0.2, 0.25) is 5.95 Å². The topological polar surface area (TPSA) is 131 Å². The third-order valence-electron chi connectivity index (χ3n) is 6.48. The molecule has 1 aromatic heterocycles. The van der Waals surface area contributed by atoms with E-state index in [-0.39, 0.29) is 24.0 Å². The lowest BCUT2D eigenvalue weighted by molar-refractivity contribution is -0.140. The van der Waals surface area contributed by atoms with Crippen LogP contribution in [0.1, 0.15) is 35.8 Å². The number of carbonyl (C=O) groups excluding carboxylic acids is 2. The van der Waals surface area contributed by atoms with Crippen LogP contribution in [0.5, 0.6) is 0 Å². The zero-order valence-corrected chi connectivity index (χ0v) is 20.1. The Morgan fingerprint density at radius 1 is 1.14 bits per heavy atom. The van der Waals surface area contributed by atoms with Gasteiger partial charge in [0.25, 0.3) is 11.8 Å². The molecule has 3 aromatic rings. The smallest absolute Gasteiger partial charge is 0.329 e. The van der Waals surface area contributed by atoms with Crippen molar-refractivity contribution >= 4 is 58.3 Å². The number of nitrogen functional groups attached to an aromatic ring is 1. The molecule has 1 saturated carbocycles. The zero-order chi connectivity index (χ0) is 25.1. The summed E-state index contributed by atoms with van der Waals surface area (Å²) >= 11 is 12.4. The maximum atomic E-state index is 13.9. The van der Waals surface area contributed by atoms with E-state index in [1.807, 2.05) is 12.1 Å². The van der Waals surface area contributed by atoms with E-state index < -0.39 is 23.0 Å². The number of carbonyl (C=O) groups is 3. The van der Waals surface area contributed by atoms with Gasteiger partial charge in [0.1, 0.15) is 16.8 Å². The van der Waals surface area contributed by atoms with Gasteiger partial charge in [0, 0.05) is 22.2 Å². The first-order valence-electron chi connectivity index (χ1n) is 10.8. The Balaban J connectivity index is 1.62. The number of benzene rings is 2. The molecule has 1 atom stereocenters. The summed E-state index contributed by atoms with van der Waals surface area (Å²) in [5.74, 6) is -1.85. The lowest BCUT2D eigenvalue weighted by atomic mass is 9.91. The molecular weight excluding hydrogens is 493 g/mol. The van der Waals surface area contributed by atoms with Crippen LogP contribution in [0.25, 0.3) is 0 Å². The summed E-state index contributed by atoms with van der Waals surface area (Å²) < 4.78 is 1.55. The number of fused-ring (bicyclic) bond motifs is 1. The number of carboxylic acids is 1. The molecule has 2 aromatic carbocycles. The van der Waals surface area contributed by atoms with Crippen molar-refractivity contribution in [2.75, 3.05) is 10.6 Å². The summed E-state index contributed by atoms with van der Waals surface area (Å²) in [5, 5.41) is 12.8. The minimum atomic E-state index is -1.29. The van der Waals surface area contributed by atoms with Gasteiger partial charge in [-0.25, -0.2) is 14.7 Å². The van der Waals surface area contributed by atoms with Crippen LogP contribution in [0, 0.1) is 0 Å². The van der Waals surface area contributed by atoms with Crippen molar-refractivity contribution in [1.29, 1.82) is 0 Å².